The molecule has 2 atom stereocenters. The summed E-state index contributed by atoms with van der Waals surface area (Å²) in [5, 5.41) is 0.218. The fourth-order valence-electron chi connectivity index (χ4n) is 5.85. The van der Waals surface area contributed by atoms with Crippen molar-refractivity contribution in [3.63, 3.8) is 0 Å². The number of hydrogen-bond acceptors (Lipinski definition) is 6. The highest BCUT2D eigenvalue weighted by Crippen LogP contribution is 2.53. The number of benzene rings is 3. The molecule has 12 heteroatoms. The molecule has 1 heterocycles. The van der Waals surface area contributed by atoms with Crippen molar-refractivity contribution in [1.29, 1.82) is 0 Å². The maximum atomic E-state index is 14.3. The number of fused-ring (bicyclic) bond motifs is 3. The second-order valence-corrected chi connectivity index (χ2v) is 14.9. The fraction of sp³-hybridized carbons (Fsp3) is 0.321. The summed E-state index contributed by atoms with van der Waals surface area (Å²) in [4.78, 5) is 14.3. The zero-order valence-corrected chi connectivity index (χ0v) is 23.8. The predicted molar refractivity (Wildman–Crippen MR) is 146 cm³/mol. The Morgan fingerprint density at radius 3 is 2.48 bits per heavy atom. The van der Waals surface area contributed by atoms with Crippen molar-refractivity contribution in [3.8, 4) is 5.75 Å². The lowest BCUT2D eigenvalue weighted by Gasteiger charge is -2.42. The molecular weight excluding hydrogens is 584 g/mol. The Morgan fingerprint density at radius 1 is 1.07 bits per heavy atom. The summed E-state index contributed by atoms with van der Waals surface area (Å²) in [5.74, 6) is -2.11. The van der Waals surface area contributed by atoms with Crippen LogP contribution >= 0.6 is 11.6 Å². The van der Waals surface area contributed by atoms with E-state index in [0.29, 0.717) is 23.3 Å². The average Bonchev–Trinajstić information content (AvgIpc) is 3.29. The minimum Gasteiger partial charge on any atom is -0.489 e. The molecule has 5 rings (SSSR count). The standard InChI is InChI=1S/C28H26ClF2NO6S2/c1-39(34,35)17-27(33)32-14-13-28(40(36,37)21-9-6-19(30)7-10-21)23-11-8-20(15-18(23)5-12-26(28)32)38-16-22-24(29)3-2-4-25(22)31/h2-4,6-11,15,26H,5,12-14,16-17H2,1H3/t26-,28-/m1/s1. The molecule has 7 nitrogen and oxygen atoms in total. The van der Waals surface area contributed by atoms with Crippen molar-refractivity contribution < 1.29 is 35.1 Å². The summed E-state index contributed by atoms with van der Waals surface area (Å²) >= 11 is 6.11. The molecule has 2 aliphatic rings. The average molecular weight is 610 g/mol. The van der Waals surface area contributed by atoms with E-state index >= 15 is 0 Å². The van der Waals surface area contributed by atoms with E-state index in [1.165, 1.54) is 29.2 Å². The summed E-state index contributed by atoms with van der Waals surface area (Å²) in [6.45, 7) is -0.0946. The van der Waals surface area contributed by atoms with Gasteiger partial charge in [-0.25, -0.2) is 25.6 Å². The normalized spacial score (nSPS) is 20.6. The van der Waals surface area contributed by atoms with Crippen LogP contribution in [0, 0.1) is 11.6 Å². The van der Waals surface area contributed by atoms with Gasteiger partial charge in [0.15, 0.2) is 19.7 Å². The zero-order valence-electron chi connectivity index (χ0n) is 21.4. The van der Waals surface area contributed by atoms with Crippen LogP contribution in [0.2, 0.25) is 5.02 Å². The molecule has 1 saturated heterocycles. The Morgan fingerprint density at radius 2 is 1.80 bits per heavy atom. The van der Waals surface area contributed by atoms with Crippen molar-refractivity contribution in [1.82, 2.24) is 4.90 Å². The second kappa shape index (κ2) is 10.4. The largest absolute Gasteiger partial charge is 0.489 e. The van der Waals surface area contributed by atoms with Crippen LogP contribution in [0.25, 0.3) is 0 Å². The number of aryl methyl sites for hydroxylation is 1. The third-order valence-electron chi connectivity index (χ3n) is 7.61. The summed E-state index contributed by atoms with van der Waals surface area (Å²) in [6, 6.07) is 12.9. The van der Waals surface area contributed by atoms with Crippen molar-refractivity contribution in [3.05, 3.63) is 94.0 Å². The smallest absolute Gasteiger partial charge is 0.238 e. The number of carbonyl (C=O) groups excluding carboxylic acids is 1. The van der Waals surface area contributed by atoms with Gasteiger partial charge in [-0.2, -0.15) is 0 Å². The van der Waals surface area contributed by atoms with Crippen molar-refractivity contribution >= 4 is 37.2 Å². The molecule has 1 aliphatic carbocycles. The molecule has 1 fully saturated rings. The van der Waals surface area contributed by atoms with Crippen molar-refractivity contribution in [2.75, 3.05) is 18.6 Å². The number of sulfone groups is 2. The quantitative estimate of drug-likeness (QED) is 0.367. The number of halogens is 3. The highest BCUT2D eigenvalue weighted by molar-refractivity contribution is 7.92. The molecule has 0 N–H and O–H groups in total. The van der Waals surface area contributed by atoms with Gasteiger partial charge in [-0.15, -0.1) is 0 Å². The second-order valence-electron chi connectivity index (χ2n) is 10.1. The molecule has 40 heavy (non-hydrogen) atoms. The van der Waals surface area contributed by atoms with E-state index in [0.717, 1.165) is 18.4 Å². The monoisotopic (exact) mass is 609 g/mol. The van der Waals surface area contributed by atoms with E-state index in [-0.39, 0.29) is 41.5 Å². The van der Waals surface area contributed by atoms with E-state index < -0.39 is 53.8 Å². The van der Waals surface area contributed by atoms with Crippen LogP contribution in [0.4, 0.5) is 8.78 Å². The highest BCUT2D eigenvalue weighted by atomic mass is 35.5. The summed E-state index contributed by atoms with van der Waals surface area (Å²) in [7, 11) is -7.85. The van der Waals surface area contributed by atoms with E-state index in [1.54, 1.807) is 24.3 Å². The van der Waals surface area contributed by atoms with Gasteiger partial charge in [-0.05, 0) is 78.9 Å². The van der Waals surface area contributed by atoms with Crippen LogP contribution in [0.5, 0.6) is 5.75 Å². The summed E-state index contributed by atoms with van der Waals surface area (Å²) < 4.78 is 84.6. The number of ether oxygens (including phenoxy) is 1. The number of nitrogens with zero attached hydrogens (tertiary/aromatic N) is 1. The van der Waals surface area contributed by atoms with Gasteiger partial charge in [-0.3, -0.25) is 4.79 Å². The Balaban J connectivity index is 1.56. The number of hydrogen-bond donors (Lipinski definition) is 0. The molecule has 0 bridgehead atoms. The Bertz CT molecular complexity index is 1680. The first kappa shape index (κ1) is 28.5. The highest BCUT2D eigenvalue weighted by Gasteiger charge is 2.60. The van der Waals surface area contributed by atoms with Gasteiger partial charge in [0.2, 0.25) is 5.91 Å². The first-order chi connectivity index (χ1) is 18.8. The molecule has 0 saturated carbocycles. The van der Waals surface area contributed by atoms with Gasteiger partial charge in [0, 0.05) is 18.4 Å². The predicted octanol–water partition coefficient (Wildman–Crippen LogP) is 4.46. The molecule has 1 amide bonds. The summed E-state index contributed by atoms with van der Waals surface area (Å²) in [5.41, 5.74) is 1.34. The SMILES string of the molecule is CS(=O)(=O)CC(=O)N1CC[C@@]2(S(=O)(=O)c3ccc(F)cc3)c3ccc(OCc4c(F)cccc4Cl)cc3CC[C@@H]12. The molecular formula is C28H26ClF2NO6S2. The minimum atomic E-state index is -4.20. The number of carbonyl (C=O) groups is 1. The van der Waals surface area contributed by atoms with E-state index in [4.69, 9.17) is 16.3 Å². The van der Waals surface area contributed by atoms with Gasteiger partial charge in [-0.1, -0.05) is 23.7 Å². The van der Waals surface area contributed by atoms with Gasteiger partial charge in [0.05, 0.1) is 16.0 Å². The van der Waals surface area contributed by atoms with Gasteiger partial charge >= 0.3 is 0 Å². The van der Waals surface area contributed by atoms with Crippen LogP contribution in [0.3, 0.4) is 0 Å². The fourth-order valence-corrected chi connectivity index (χ4v) is 9.05. The van der Waals surface area contributed by atoms with Crippen molar-refractivity contribution in [2.24, 2.45) is 0 Å². The lowest BCUT2D eigenvalue weighted by atomic mass is 9.78. The molecule has 0 unspecified atom stereocenters. The zero-order chi connectivity index (χ0) is 28.9. The van der Waals surface area contributed by atoms with Crippen LogP contribution in [0.1, 0.15) is 29.5 Å². The van der Waals surface area contributed by atoms with E-state index in [2.05, 4.69) is 0 Å². The Hall–Kier alpha value is -3.02. The molecule has 1 aliphatic heterocycles. The maximum absolute atomic E-state index is 14.3. The number of rotatable bonds is 7. The molecule has 0 spiro atoms. The molecule has 3 aromatic rings. The molecule has 3 aromatic carbocycles. The summed E-state index contributed by atoms with van der Waals surface area (Å²) in [6.07, 6.45) is 1.63. The molecule has 0 radical (unpaired) electrons. The lowest BCUT2D eigenvalue weighted by Crippen LogP contribution is -2.52. The Labute approximate surface area is 236 Å². The van der Waals surface area contributed by atoms with Gasteiger partial charge < -0.3 is 9.64 Å². The topological polar surface area (TPSA) is 97.8 Å². The number of amides is 1. The maximum Gasteiger partial charge on any atom is 0.238 e. The first-order valence-electron chi connectivity index (χ1n) is 12.5. The van der Waals surface area contributed by atoms with E-state index in [1.807, 2.05) is 0 Å². The van der Waals surface area contributed by atoms with E-state index in [9.17, 15) is 30.4 Å². The van der Waals surface area contributed by atoms with Crippen molar-refractivity contribution in [2.45, 2.75) is 41.6 Å². The molecule has 212 valence electrons. The Kier molecular flexibility index (Phi) is 7.43. The van der Waals surface area contributed by atoms with Gasteiger partial charge in [0.1, 0.15) is 34.5 Å². The van der Waals surface area contributed by atoms with Crippen LogP contribution < -0.4 is 4.74 Å². The third-order valence-corrected chi connectivity index (χ3v) is 11.3. The molecule has 0 aromatic heterocycles. The van der Waals surface area contributed by atoms with Crippen LogP contribution in [0.15, 0.2) is 65.6 Å². The number of likely N-dealkylation sites (tertiary alicyclic amines) is 1. The van der Waals surface area contributed by atoms with Crippen LogP contribution in [-0.4, -0.2) is 52.2 Å². The minimum absolute atomic E-state index is 0.0327. The van der Waals surface area contributed by atoms with Gasteiger partial charge in [0.25, 0.3) is 0 Å². The lowest BCUT2D eigenvalue weighted by molar-refractivity contribution is -0.129. The van der Waals surface area contributed by atoms with Crippen LogP contribution in [-0.2, 0) is 42.2 Å². The third kappa shape index (κ3) is 4.99. The first-order valence-corrected chi connectivity index (χ1v) is 16.4.